The molecule has 3 nitrogen and oxygen atoms in total. The van der Waals surface area contributed by atoms with Crippen molar-refractivity contribution < 1.29 is 9.53 Å². The second-order valence-corrected chi connectivity index (χ2v) is 6.57. The highest BCUT2D eigenvalue weighted by atomic mass is 16.5. The van der Waals surface area contributed by atoms with Crippen LogP contribution in [0.1, 0.15) is 51.9 Å². The van der Waals surface area contributed by atoms with Crippen molar-refractivity contribution in [3.05, 3.63) is 0 Å². The summed E-state index contributed by atoms with van der Waals surface area (Å²) in [6.45, 7) is 2.39. The van der Waals surface area contributed by atoms with E-state index in [0.717, 1.165) is 31.1 Å². The fourth-order valence-electron chi connectivity index (χ4n) is 5.08. The minimum Gasteiger partial charge on any atom is -0.466 e. The van der Waals surface area contributed by atoms with E-state index in [4.69, 9.17) is 10.5 Å². The van der Waals surface area contributed by atoms with E-state index in [0.29, 0.717) is 12.6 Å². The molecule has 4 unspecified atom stereocenters. The lowest BCUT2D eigenvalue weighted by Gasteiger charge is -2.47. The van der Waals surface area contributed by atoms with Crippen LogP contribution in [0, 0.1) is 23.2 Å². The van der Waals surface area contributed by atoms with E-state index in [9.17, 15) is 4.79 Å². The van der Waals surface area contributed by atoms with Crippen molar-refractivity contribution in [1.29, 1.82) is 0 Å². The van der Waals surface area contributed by atoms with Crippen LogP contribution in [0.5, 0.6) is 0 Å². The highest BCUT2D eigenvalue weighted by molar-refractivity contribution is 5.72. The lowest BCUT2D eigenvalue weighted by atomic mass is 9.59. The average Bonchev–Trinajstić information content (AvgIpc) is 2.94. The highest BCUT2D eigenvalue weighted by Crippen LogP contribution is 2.61. The van der Waals surface area contributed by atoms with Gasteiger partial charge in [-0.3, -0.25) is 4.79 Å². The molecule has 3 aliphatic rings. The number of hydrogen-bond acceptors (Lipinski definition) is 3. The molecular formula is C15H25NO2. The molecule has 0 aromatic heterocycles. The zero-order valence-corrected chi connectivity index (χ0v) is 11.4. The Labute approximate surface area is 109 Å². The maximum absolute atomic E-state index is 12.0. The molecule has 0 aliphatic heterocycles. The van der Waals surface area contributed by atoms with E-state index in [1.165, 1.54) is 25.7 Å². The molecule has 3 fully saturated rings. The number of esters is 1. The van der Waals surface area contributed by atoms with Crippen LogP contribution in [0.3, 0.4) is 0 Å². The zero-order valence-electron chi connectivity index (χ0n) is 11.4. The smallest absolute Gasteiger partial charge is 0.308 e. The van der Waals surface area contributed by atoms with Crippen molar-refractivity contribution in [2.75, 3.05) is 6.61 Å². The number of carbonyl (C=O) groups excluding carboxylic acids is 1. The van der Waals surface area contributed by atoms with Crippen LogP contribution in [0.25, 0.3) is 0 Å². The molecule has 0 radical (unpaired) electrons. The van der Waals surface area contributed by atoms with Gasteiger partial charge >= 0.3 is 5.97 Å². The molecule has 0 amide bonds. The van der Waals surface area contributed by atoms with Gasteiger partial charge in [-0.25, -0.2) is 0 Å². The summed E-state index contributed by atoms with van der Waals surface area (Å²) in [6.07, 6.45) is 8.37. The van der Waals surface area contributed by atoms with Crippen molar-refractivity contribution in [3.8, 4) is 0 Å². The molecular weight excluding hydrogens is 226 g/mol. The van der Waals surface area contributed by atoms with Gasteiger partial charge in [0, 0.05) is 6.04 Å². The van der Waals surface area contributed by atoms with E-state index in [-0.39, 0.29) is 17.3 Å². The lowest BCUT2D eigenvalue weighted by Crippen LogP contribution is -2.49. The Morgan fingerprint density at radius 3 is 2.89 bits per heavy atom. The molecule has 0 aromatic rings. The Kier molecular flexibility index (Phi) is 3.13. The topological polar surface area (TPSA) is 52.3 Å². The van der Waals surface area contributed by atoms with E-state index in [1.54, 1.807) is 0 Å². The molecule has 0 saturated heterocycles. The Bertz CT molecular complexity index is 339. The number of hydrogen-bond donors (Lipinski definition) is 1. The molecule has 0 heterocycles. The number of ether oxygens (including phenoxy) is 1. The van der Waals surface area contributed by atoms with Gasteiger partial charge in [0.2, 0.25) is 0 Å². The third-order valence-corrected chi connectivity index (χ3v) is 5.90. The molecule has 1 spiro atoms. The summed E-state index contributed by atoms with van der Waals surface area (Å²) in [6, 6.07) is 0.341. The van der Waals surface area contributed by atoms with Gasteiger partial charge in [0.05, 0.1) is 12.5 Å². The predicted molar refractivity (Wildman–Crippen MR) is 69.8 cm³/mol. The standard InChI is InChI=1S/C15H25NO2/c1-2-18-14(17)11-4-3-7-15(9-11)12-6-5-10(8-12)13(15)16/h10-13H,2-9,16H2,1H3/t10?,11?,12?,13?,15-/m0/s1. The third kappa shape index (κ3) is 1.70. The van der Waals surface area contributed by atoms with Gasteiger partial charge in [-0.1, -0.05) is 6.42 Å². The molecule has 18 heavy (non-hydrogen) atoms. The Morgan fingerprint density at radius 1 is 1.39 bits per heavy atom. The van der Waals surface area contributed by atoms with Crippen molar-refractivity contribution in [3.63, 3.8) is 0 Å². The summed E-state index contributed by atoms with van der Waals surface area (Å²) < 4.78 is 5.22. The number of carbonyl (C=O) groups is 1. The monoisotopic (exact) mass is 251 g/mol. The summed E-state index contributed by atoms with van der Waals surface area (Å²) >= 11 is 0. The van der Waals surface area contributed by atoms with Gasteiger partial charge < -0.3 is 10.5 Å². The molecule has 2 N–H and O–H groups in total. The summed E-state index contributed by atoms with van der Waals surface area (Å²) in [7, 11) is 0. The van der Waals surface area contributed by atoms with Crippen molar-refractivity contribution >= 4 is 5.97 Å². The van der Waals surface area contributed by atoms with Crippen LogP contribution in [0.15, 0.2) is 0 Å². The largest absolute Gasteiger partial charge is 0.466 e. The van der Waals surface area contributed by atoms with E-state index in [1.807, 2.05) is 6.92 Å². The fourth-order valence-corrected chi connectivity index (χ4v) is 5.08. The second kappa shape index (κ2) is 4.52. The van der Waals surface area contributed by atoms with Gasteiger partial charge in [0.1, 0.15) is 0 Å². The molecule has 3 rings (SSSR count). The van der Waals surface area contributed by atoms with Gasteiger partial charge in [0.25, 0.3) is 0 Å². The van der Waals surface area contributed by atoms with Gasteiger partial charge in [-0.15, -0.1) is 0 Å². The quantitative estimate of drug-likeness (QED) is 0.767. The second-order valence-electron chi connectivity index (χ2n) is 6.57. The maximum atomic E-state index is 12.0. The van der Waals surface area contributed by atoms with Crippen LogP contribution < -0.4 is 5.73 Å². The van der Waals surface area contributed by atoms with Crippen molar-refractivity contribution in [2.24, 2.45) is 28.9 Å². The van der Waals surface area contributed by atoms with E-state index in [2.05, 4.69) is 0 Å². The lowest BCUT2D eigenvalue weighted by molar-refractivity contribution is -0.151. The first kappa shape index (κ1) is 12.5. The summed E-state index contributed by atoms with van der Waals surface area (Å²) in [4.78, 5) is 12.0. The van der Waals surface area contributed by atoms with Crippen molar-refractivity contribution in [1.82, 2.24) is 0 Å². The minimum absolute atomic E-state index is 0.0200. The van der Waals surface area contributed by atoms with Crippen molar-refractivity contribution in [2.45, 2.75) is 57.9 Å². The Balaban J connectivity index is 1.75. The zero-order chi connectivity index (χ0) is 12.8. The van der Waals surface area contributed by atoms with Gasteiger partial charge in [-0.05, 0) is 62.7 Å². The third-order valence-electron chi connectivity index (χ3n) is 5.90. The van der Waals surface area contributed by atoms with Crippen LogP contribution >= 0.6 is 0 Å². The first-order valence-electron chi connectivity index (χ1n) is 7.59. The summed E-state index contributed by atoms with van der Waals surface area (Å²) in [5.41, 5.74) is 6.79. The summed E-state index contributed by atoms with van der Waals surface area (Å²) in [5.74, 6) is 1.65. The number of rotatable bonds is 2. The molecule has 5 atom stereocenters. The minimum atomic E-state index is 0.0200. The highest BCUT2D eigenvalue weighted by Gasteiger charge is 2.58. The first-order valence-corrected chi connectivity index (χ1v) is 7.59. The Hall–Kier alpha value is -0.570. The normalized spacial score (nSPS) is 46.6. The average molecular weight is 251 g/mol. The summed E-state index contributed by atoms with van der Waals surface area (Å²) in [5, 5.41) is 0. The molecule has 3 aliphatic carbocycles. The van der Waals surface area contributed by atoms with Gasteiger partial charge in [-0.2, -0.15) is 0 Å². The molecule has 102 valence electrons. The van der Waals surface area contributed by atoms with Crippen LogP contribution in [0.4, 0.5) is 0 Å². The van der Waals surface area contributed by atoms with E-state index >= 15 is 0 Å². The van der Waals surface area contributed by atoms with Crippen LogP contribution in [0.2, 0.25) is 0 Å². The SMILES string of the molecule is CCOC(=O)C1CCC[C@]2(C1)C1CCC(C1)C2N. The first-order chi connectivity index (χ1) is 8.67. The number of nitrogens with two attached hydrogens (primary N) is 1. The maximum Gasteiger partial charge on any atom is 0.308 e. The Morgan fingerprint density at radius 2 is 2.22 bits per heavy atom. The molecule has 3 saturated carbocycles. The predicted octanol–water partition coefficient (Wildman–Crippen LogP) is 2.48. The number of fused-ring (bicyclic) bond motifs is 3. The molecule has 2 bridgehead atoms. The fraction of sp³-hybridized carbons (Fsp3) is 0.933. The molecule has 0 aromatic carbocycles. The molecule has 3 heteroatoms. The van der Waals surface area contributed by atoms with Crippen LogP contribution in [-0.2, 0) is 9.53 Å². The van der Waals surface area contributed by atoms with E-state index < -0.39 is 0 Å². The van der Waals surface area contributed by atoms with Crippen LogP contribution in [-0.4, -0.2) is 18.6 Å². The van der Waals surface area contributed by atoms with Gasteiger partial charge in [0.15, 0.2) is 0 Å².